The second-order valence-corrected chi connectivity index (χ2v) is 5.32. The highest BCUT2D eigenvalue weighted by atomic mass is 32.2. The van der Waals surface area contributed by atoms with Gasteiger partial charge in [0.2, 0.25) is 0 Å². The molecule has 5 nitrogen and oxygen atoms in total. The highest BCUT2D eigenvalue weighted by Gasteiger charge is 2.31. The first kappa shape index (κ1) is 16.0. The van der Waals surface area contributed by atoms with Crippen LogP contribution in [0.4, 0.5) is 0 Å². The fourth-order valence-corrected chi connectivity index (χ4v) is 2.35. The van der Waals surface area contributed by atoms with Gasteiger partial charge in [-0.2, -0.15) is 5.26 Å². The van der Waals surface area contributed by atoms with Crippen molar-refractivity contribution in [1.29, 1.82) is 5.26 Å². The van der Waals surface area contributed by atoms with Gasteiger partial charge in [0.05, 0.1) is 37.4 Å². The summed E-state index contributed by atoms with van der Waals surface area (Å²) >= 11 is 1.61. The minimum atomic E-state index is -0.190. The minimum absolute atomic E-state index is 0.0994. The molecule has 114 valence electrons. The van der Waals surface area contributed by atoms with Gasteiger partial charge in [0.25, 0.3) is 0 Å². The second-order valence-electron chi connectivity index (χ2n) is 4.51. The average molecular weight is 309 g/mol. The van der Waals surface area contributed by atoms with Gasteiger partial charge in [-0.3, -0.25) is 0 Å². The van der Waals surface area contributed by atoms with Crippen LogP contribution in [0.5, 0.6) is 11.5 Å². The van der Waals surface area contributed by atoms with Crippen LogP contribution in [0.15, 0.2) is 18.2 Å². The molecule has 6 heteroatoms. The van der Waals surface area contributed by atoms with Crippen LogP contribution in [0.3, 0.4) is 0 Å². The van der Waals surface area contributed by atoms with Crippen molar-refractivity contribution in [3.63, 3.8) is 0 Å². The van der Waals surface area contributed by atoms with E-state index in [0.717, 1.165) is 0 Å². The van der Waals surface area contributed by atoms with Crippen LogP contribution in [-0.2, 0) is 9.47 Å². The Morgan fingerprint density at radius 1 is 1.33 bits per heavy atom. The molecule has 0 saturated carbocycles. The van der Waals surface area contributed by atoms with E-state index in [1.165, 1.54) is 0 Å². The van der Waals surface area contributed by atoms with Crippen molar-refractivity contribution in [3.8, 4) is 17.6 Å². The van der Waals surface area contributed by atoms with E-state index in [1.54, 1.807) is 30.0 Å². The van der Waals surface area contributed by atoms with Gasteiger partial charge in [0.1, 0.15) is 6.10 Å². The molecular formula is C15H19NO4S. The molecule has 21 heavy (non-hydrogen) atoms. The molecule has 0 aliphatic carbocycles. The molecule has 0 amide bonds. The molecule has 1 aromatic carbocycles. The lowest BCUT2D eigenvalue weighted by atomic mass is 10.2. The Balaban J connectivity index is 2.11. The van der Waals surface area contributed by atoms with Crippen molar-refractivity contribution in [2.24, 2.45) is 0 Å². The Bertz CT molecular complexity index is 503. The Kier molecular flexibility index (Phi) is 6.18. The normalized spacial score (nSPS) is 21.0. The second kappa shape index (κ2) is 8.13. The molecule has 1 fully saturated rings. The van der Waals surface area contributed by atoms with Crippen LogP contribution in [0.2, 0.25) is 0 Å². The average Bonchev–Trinajstić information content (AvgIpc) is 2.94. The number of benzene rings is 1. The molecule has 1 aliphatic rings. The fourth-order valence-electron chi connectivity index (χ4n) is 2.04. The van der Waals surface area contributed by atoms with Crippen LogP contribution in [-0.4, -0.2) is 44.2 Å². The summed E-state index contributed by atoms with van der Waals surface area (Å²) in [6, 6.07) is 7.26. The Morgan fingerprint density at radius 2 is 2.14 bits per heavy atom. The first-order valence-electron chi connectivity index (χ1n) is 6.80. The Hall–Kier alpha value is -1.42. The molecule has 0 N–H and O–H groups in total. The van der Waals surface area contributed by atoms with Crippen LogP contribution in [0, 0.1) is 11.3 Å². The van der Waals surface area contributed by atoms with E-state index in [1.807, 2.05) is 13.2 Å². The monoisotopic (exact) mass is 309 g/mol. The number of nitriles is 1. The molecule has 2 atom stereocenters. The van der Waals surface area contributed by atoms with E-state index < -0.39 is 0 Å². The summed E-state index contributed by atoms with van der Waals surface area (Å²) in [5.41, 5.74) is 0.536. The number of thioether (sulfide) groups is 1. The zero-order valence-electron chi connectivity index (χ0n) is 12.2. The third kappa shape index (κ3) is 4.27. The summed E-state index contributed by atoms with van der Waals surface area (Å²) in [5, 5.41) is 9.01. The molecule has 2 unspecified atom stereocenters. The SMILES string of the molecule is CCOc1ccc(C#N)cc1OC1COCC1OCSC. The Morgan fingerprint density at radius 3 is 2.86 bits per heavy atom. The standard InChI is InChI=1S/C15H19NO4S/c1-3-18-12-5-4-11(7-16)6-13(12)20-15-9-17-8-14(15)19-10-21-2/h4-6,14-15H,3,8-10H2,1-2H3. The molecule has 2 rings (SSSR count). The number of nitrogens with zero attached hydrogens (tertiary/aromatic N) is 1. The lowest BCUT2D eigenvalue weighted by Gasteiger charge is -2.21. The lowest BCUT2D eigenvalue weighted by molar-refractivity contribution is 0.0234. The molecule has 1 saturated heterocycles. The van der Waals surface area contributed by atoms with Crippen LogP contribution in [0.25, 0.3) is 0 Å². The number of ether oxygens (including phenoxy) is 4. The number of rotatable bonds is 7. The minimum Gasteiger partial charge on any atom is -0.490 e. The van der Waals surface area contributed by atoms with Gasteiger partial charge in [-0.25, -0.2) is 0 Å². The predicted octanol–water partition coefficient (Wildman–Crippen LogP) is 2.44. The summed E-state index contributed by atoms with van der Waals surface area (Å²) < 4.78 is 22.6. The summed E-state index contributed by atoms with van der Waals surface area (Å²) in [5.74, 6) is 1.79. The zero-order valence-corrected chi connectivity index (χ0v) is 13.0. The third-order valence-corrected chi connectivity index (χ3v) is 3.40. The topological polar surface area (TPSA) is 60.7 Å². The largest absolute Gasteiger partial charge is 0.490 e. The van der Waals surface area contributed by atoms with Crippen LogP contribution in [0.1, 0.15) is 12.5 Å². The van der Waals surface area contributed by atoms with Crippen molar-refractivity contribution in [1.82, 2.24) is 0 Å². The predicted molar refractivity (Wildman–Crippen MR) is 80.8 cm³/mol. The van der Waals surface area contributed by atoms with Crippen molar-refractivity contribution in [2.45, 2.75) is 19.1 Å². The highest BCUT2D eigenvalue weighted by molar-refractivity contribution is 7.98. The maximum Gasteiger partial charge on any atom is 0.163 e. The number of hydrogen-bond acceptors (Lipinski definition) is 6. The summed E-state index contributed by atoms with van der Waals surface area (Å²) in [6.45, 7) is 3.44. The Labute approximate surface area is 129 Å². The van der Waals surface area contributed by atoms with E-state index >= 15 is 0 Å². The molecule has 0 spiro atoms. The van der Waals surface area contributed by atoms with E-state index in [4.69, 9.17) is 24.2 Å². The van der Waals surface area contributed by atoms with Crippen LogP contribution >= 0.6 is 11.8 Å². The fraction of sp³-hybridized carbons (Fsp3) is 0.533. The highest BCUT2D eigenvalue weighted by Crippen LogP contribution is 2.31. The quantitative estimate of drug-likeness (QED) is 0.721. The van der Waals surface area contributed by atoms with E-state index in [0.29, 0.717) is 42.8 Å². The van der Waals surface area contributed by atoms with Gasteiger partial charge in [-0.1, -0.05) is 0 Å². The molecule has 0 radical (unpaired) electrons. The first-order valence-corrected chi connectivity index (χ1v) is 8.19. The molecule has 0 bridgehead atoms. The lowest BCUT2D eigenvalue weighted by Crippen LogP contribution is -2.32. The van der Waals surface area contributed by atoms with Gasteiger partial charge in [-0.15, -0.1) is 11.8 Å². The summed E-state index contributed by atoms with van der Waals surface area (Å²) in [6.07, 6.45) is 1.69. The first-order chi connectivity index (χ1) is 10.3. The van der Waals surface area contributed by atoms with Gasteiger partial charge < -0.3 is 18.9 Å². The van der Waals surface area contributed by atoms with Gasteiger partial charge in [0.15, 0.2) is 17.6 Å². The third-order valence-electron chi connectivity index (χ3n) is 3.03. The number of hydrogen-bond donors (Lipinski definition) is 0. The smallest absolute Gasteiger partial charge is 0.163 e. The maximum atomic E-state index is 9.01. The molecule has 1 aliphatic heterocycles. The van der Waals surface area contributed by atoms with Crippen molar-refractivity contribution >= 4 is 11.8 Å². The van der Waals surface area contributed by atoms with E-state index in [-0.39, 0.29) is 12.2 Å². The maximum absolute atomic E-state index is 9.01. The van der Waals surface area contributed by atoms with Crippen LogP contribution < -0.4 is 9.47 Å². The van der Waals surface area contributed by atoms with Crippen molar-refractivity contribution in [2.75, 3.05) is 32.0 Å². The zero-order chi connectivity index (χ0) is 15.1. The van der Waals surface area contributed by atoms with Crippen molar-refractivity contribution < 1.29 is 18.9 Å². The molecule has 1 aromatic rings. The van der Waals surface area contributed by atoms with Gasteiger partial charge >= 0.3 is 0 Å². The summed E-state index contributed by atoms with van der Waals surface area (Å²) in [7, 11) is 0. The van der Waals surface area contributed by atoms with E-state index in [2.05, 4.69) is 6.07 Å². The van der Waals surface area contributed by atoms with Gasteiger partial charge in [0, 0.05) is 6.07 Å². The molecule has 1 heterocycles. The summed E-state index contributed by atoms with van der Waals surface area (Å²) in [4.78, 5) is 0. The molecule has 0 aromatic heterocycles. The van der Waals surface area contributed by atoms with Gasteiger partial charge in [-0.05, 0) is 25.3 Å². The molecular weight excluding hydrogens is 290 g/mol. The van der Waals surface area contributed by atoms with Crippen molar-refractivity contribution in [3.05, 3.63) is 23.8 Å². The van der Waals surface area contributed by atoms with E-state index in [9.17, 15) is 0 Å².